The summed E-state index contributed by atoms with van der Waals surface area (Å²) in [5.41, 5.74) is 1.46. The topological polar surface area (TPSA) is 51.2 Å². The van der Waals surface area contributed by atoms with Gasteiger partial charge in [0.1, 0.15) is 18.9 Å². The number of alkyl halides is 3. The number of hydrogen-bond donors (Lipinski definition) is 1. The van der Waals surface area contributed by atoms with Gasteiger partial charge < -0.3 is 10.1 Å². The van der Waals surface area contributed by atoms with E-state index in [1.54, 1.807) is 35.8 Å². The smallest absolute Gasteiger partial charge is 0.405 e. The van der Waals surface area contributed by atoms with Gasteiger partial charge in [-0.25, -0.2) is 0 Å². The monoisotopic (exact) mass is 336 g/mol. The van der Waals surface area contributed by atoms with Crippen LogP contribution in [0.4, 0.5) is 13.2 Å². The maximum Gasteiger partial charge on any atom is 0.405 e. The molecule has 0 radical (unpaired) electrons. The van der Waals surface area contributed by atoms with Gasteiger partial charge in [-0.2, -0.15) is 13.2 Å². The zero-order valence-electron chi connectivity index (χ0n) is 12.6. The first-order chi connectivity index (χ1) is 11.4. The predicted molar refractivity (Wildman–Crippen MR) is 83.1 cm³/mol. The van der Waals surface area contributed by atoms with Gasteiger partial charge >= 0.3 is 6.18 Å². The van der Waals surface area contributed by atoms with Gasteiger partial charge in [0.15, 0.2) is 0 Å². The molecule has 0 spiro atoms. The number of nitrogens with one attached hydrogen (secondary N) is 1. The third kappa shape index (κ3) is 6.51. The summed E-state index contributed by atoms with van der Waals surface area (Å²) in [5, 5.41) is 1.76. The lowest BCUT2D eigenvalue weighted by Gasteiger charge is -2.06. The van der Waals surface area contributed by atoms with Gasteiger partial charge in [0.25, 0.3) is 0 Å². The molecule has 1 aromatic heterocycles. The van der Waals surface area contributed by atoms with Crippen LogP contribution in [-0.2, 0) is 11.4 Å². The van der Waals surface area contributed by atoms with Gasteiger partial charge in [-0.3, -0.25) is 9.78 Å². The van der Waals surface area contributed by atoms with E-state index >= 15 is 0 Å². The van der Waals surface area contributed by atoms with Crippen LogP contribution in [0.2, 0.25) is 0 Å². The molecule has 0 fully saturated rings. The lowest BCUT2D eigenvalue weighted by atomic mass is 10.2. The summed E-state index contributed by atoms with van der Waals surface area (Å²) in [6.07, 6.45) is -0.268. The summed E-state index contributed by atoms with van der Waals surface area (Å²) in [4.78, 5) is 15.4. The van der Waals surface area contributed by atoms with Crippen molar-refractivity contribution in [2.75, 3.05) is 6.54 Å². The molecule has 126 valence electrons. The van der Waals surface area contributed by atoms with Crippen molar-refractivity contribution in [3.8, 4) is 5.75 Å². The largest absolute Gasteiger partial charge is 0.487 e. The average Bonchev–Trinajstić information content (AvgIpc) is 2.57. The Morgan fingerprint density at radius 1 is 1.17 bits per heavy atom. The van der Waals surface area contributed by atoms with Gasteiger partial charge in [0, 0.05) is 12.3 Å². The molecule has 1 heterocycles. The summed E-state index contributed by atoms with van der Waals surface area (Å²) in [6.45, 7) is -1.02. The third-order valence-corrected chi connectivity index (χ3v) is 2.88. The Kier molecular flexibility index (Phi) is 5.95. The van der Waals surface area contributed by atoms with Crippen LogP contribution in [0.3, 0.4) is 0 Å². The van der Waals surface area contributed by atoms with E-state index in [0.29, 0.717) is 17.9 Å². The summed E-state index contributed by atoms with van der Waals surface area (Å²) in [6, 6.07) is 12.3. The third-order valence-electron chi connectivity index (χ3n) is 2.88. The van der Waals surface area contributed by atoms with E-state index in [-0.39, 0.29) is 0 Å². The molecule has 0 unspecified atom stereocenters. The summed E-state index contributed by atoms with van der Waals surface area (Å²) in [5.74, 6) is -0.179. The number of carbonyl (C=O) groups excluding carboxylic acids is 1. The Bertz CT molecular complexity index is 683. The molecule has 1 amide bonds. The van der Waals surface area contributed by atoms with Crippen molar-refractivity contribution >= 4 is 12.0 Å². The van der Waals surface area contributed by atoms with Gasteiger partial charge in [0.05, 0.1) is 5.69 Å². The highest BCUT2D eigenvalue weighted by atomic mass is 19.4. The van der Waals surface area contributed by atoms with E-state index in [4.69, 9.17) is 4.74 Å². The fourth-order valence-corrected chi connectivity index (χ4v) is 1.73. The highest BCUT2D eigenvalue weighted by Gasteiger charge is 2.27. The lowest BCUT2D eigenvalue weighted by molar-refractivity contribution is -0.135. The van der Waals surface area contributed by atoms with E-state index in [9.17, 15) is 18.0 Å². The summed E-state index contributed by atoms with van der Waals surface area (Å²) < 4.78 is 41.4. The van der Waals surface area contributed by atoms with E-state index < -0.39 is 18.6 Å². The Balaban J connectivity index is 1.83. The number of ether oxygens (including phenoxy) is 1. The van der Waals surface area contributed by atoms with Gasteiger partial charge in [-0.05, 0) is 35.9 Å². The Morgan fingerprint density at radius 2 is 1.92 bits per heavy atom. The zero-order valence-corrected chi connectivity index (χ0v) is 12.6. The molecule has 0 atom stereocenters. The fraction of sp³-hybridized carbons (Fsp3) is 0.176. The number of halogens is 3. The van der Waals surface area contributed by atoms with Crippen LogP contribution in [-0.4, -0.2) is 23.6 Å². The van der Waals surface area contributed by atoms with Crippen molar-refractivity contribution in [1.82, 2.24) is 10.3 Å². The van der Waals surface area contributed by atoms with Crippen molar-refractivity contribution in [2.24, 2.45) is 0 Å². The average molecular weight is 336 g/mol. The number of hydrogen-bond acceptors (Lipinski definition) is 3. The fourth-order valence-electron chi connectivity index (χ4n) is 1.73. The number of benzene rings is 1. The second kappa shape index (κ2) is 8.14. The van der Waals surface area contributed by atoms with Crippen molar-refractivity contribution < 1.29 is 22.7 Å². The standard InChI is InChI=1S/C17H15F3N2O2/c18-17(19,20)12-22-16(23)9-6-13-4-7-15(8-5-13)24-11-14-3-1-2-10-21-14/h1-10H,11-12H2,(H,22,23). The van der Waals surface area contributed by atoms with E-state index in [2.05, 4.69) is 4.98 Å². The highest BCUT2D eigenvalue weighted by molar-refractivity contribution is 5.91. The maximum atomic E-state index is 12.0. The van der Waals surface area contributed by atoms with E-state index in [1.807, 2.05) is 18.2 Å². The molecular formula is C17H15F3N2O2. The van der Waals surface area contributed by atoms with Crippen LogP contribution in [0.1, 0.15) is 11.3 Å². The predicted octanol–water partition coefficient (Wildman–Crippen LogP) is 3.35. The minimum atomic E-state index is -4.42. The number of nitrogens with zero attached hydrogens (tertiary/aromatic N) is 1. The highest BCUT2D eigenvalue weighted by Crippen LogP contribution is 2.15. The Labute approximate surface area is 137 Å². The van der Waals surface area contributed by atoms with E-state index in [1.165, 1.54) is 6.08 Å². The molecular weight excluding hydrogens is 321 g/mol. The zero-order chi connectivity index (χ0) is 17.4. The minimum Gasteiger partial charge on any atom is -0.487 e. The SMILES string of the molecule is O=C(C=Cc1ccc(OCc2ccccn2)cc1)NCC(F)(F)F. The Hall–Kier alpha value is -2.83. The van der Waals surface area contributed by atoms with Crippen molar-refractivity contribution in [2.45, 2.75) is 12.8 Å². The molecule has 0 aliphatic carbocycles. The molecule has 0 saturated heterocycles. The number of pyridine rings is 1. The lowest BCUT2D eigenvalue weighted by Crippen LogP contribution is -2.32. The molecule has 24 heavy (non-hydrogen) atoms. The number of carbonyl (C=O) groups is 1. The van der Waals surface area contributed by atoms with Crippen molar-refractivity contribution in [3.05, 3.63) is 66.0 Å². The summed E-state index contributed by atoms with van der Waals surface area (Å²) >= 11 is 0. The van der Waals surface area contributed by atoms with Crippen LogP contribution >= 0.6 is 0 Å². The van der Waals surface area contributed by atoms with Gasteiger partial charge in [-0.15, -0.1) is 0 Å². The molecule has 7 heteroatoms. The van der Waals surface area contributed by atoms with Gasteiger partial charge in [0.2, 0.25) is 5.91 Å². The normalized spacial score (nSPS) is 11.5. The molecule has 0 aliphatic heterocycles. The van der Waals surface area contributed by atoms with Crippen molar-refractivity contribution in [1.29, 1.82) is 0 Å². The molecule has 4 nitrogen and oxygen atoms in total. The summed E-state index contributed by atoms with van der Waals surface area (Å²) in [7, 11) is 0. The molecule has 2 rings (SSSR count). The second-order valence-electron chi connectivity index (χ2n) is 4.85. The first-order valence-corrected chi connectivity index (χ1v) is 7.08. The van der Waals surface area contributed by atoms with Crippen LogP contribution in [0.15, 0.2) is 54.7 Å². The molecule has 0 aliphatic rings. The number of aromatic nitrogens is 1. The van der Waals surface area contributed by atoms with Crippen LogP contribution in [0.5, 0.6) is 5.75 Å². The van der Waals surface area contributed by atoms with Crippen LogP contribution in [0, 0.1) is 0 Å². The Morgan fingerprint density at radius 3 is 2.54 bits per heavy atom. The van der Waals surface area contributed by atoms with E-state index in [0.717, 1.165) is 11.8 Å². The number of rotatable bonds is 6. The van der Waals surface area contributed by atoms with Crippen LogP contribution in [0.25, 0.3) is 6.08 Å². The quantitative estimate of drug-likeness (QED) is 0.823. The molecule has 0 bridgehead atoms. The first kappa shape index (κ1) is 17.5. The molecule has 0 saturated carbocycles. The van der Waals surface area contributed by atoms with Crippen LogP contribution < -0.4 is 10.1 Å². The maximum absolute atomic E-state index is 12.0. The van der Waals surface area contributed by atoms with Crippen molar-refractivity contribution in [3.63, 3.8) is 0 Å². The molecule has 2 aromatic rings. The van der Waals surface area contributed by atoms with Gasteiger partial charge in [-0.1, -0.05) is 18.2 Å². The molecule has 1 N–H and O–H groups in total. The minimum absolute atomic E-state index is 0.329. The number of amides is 1. The second-order valence-corrected chi connectivity index (χ2v) is 4.85. The first-order valence-electron chi connectivity index (χ1n) is 7.08. The molecule has 1 aromatic carbocycles.